The number of ketones is 1. The van der Waals surface area contributed by atoms with E-state index in [1.807, 2.05) is 30.3 Å². The molecule has 0 bridgehead atoms. The lowest BCUT2D eigenvalue weighted by atomic mass is 10.00. The number of hydrogen-bond donors (Lipinski definition) is 1. The molecule has 3 heterocycles. The number of aliphatic hydroxyl groups excluding tert-OH is 1. The minimum Gasteiger partial charge on any atom is -0.503 e. The molecule has 0 aliphatic carbocycles. The molecule has 0 saturated carbocycles. The van der Waals surface area contributed by atoms with E-state index in [0.29, 0.717) is 15.6 Å². The summed E-state index contributed by atoms with van der Waals surface area (Å²) in [7, 11) is 0. The predicted octanol–water partition coefficient (Wildman–Crippen LogP) is 6.24. The minimum atomic E-state index is -1.11. The van der Waals surface area contributed by atoms with Gasteiger partial charge in [-0.3, -0.25) is 14.5 Å². The van der Waals surface area contributed by atoms with Crippen molar-refractivity contribution in [3.8, 4) is 10.6 Å². The Morgan fingerprint density at radius 2 is 1.85 bits per heavy atom. The number of aliphatic hydroxyl groups is 1. The van der Waals surface area contributed by atoms with Crippen LogP contribution in [0, 0.1) is 18.6 Å². The van der Waals surface area contributed by atoms with Gasteiger partial charge in [0.15, 0.2) is 5.76 Å². The van der Waals surface area contributed by atoms with Crippen LogP contribution in [0.3, 0.4) is 0 Å². The summed E-state index contributed by atoms with van der Waals surface area (Å²) in [5, 5.41) is 13.2. The van der Waals surface area contributed by atoms with Gasteiger partial charge >= 0.3 is 0 Å². The Bertz CT molecular complexity index is 1450. The highest BCUT2D eigenvalue weighted by atomic mass is 32.1. The molecule has 0 spiro atoms. The molecule has 34 heavy (non-hydrogen) atoms. The highest BCUT2D eigenvalue weighted by Gasteiger charge is 2.46. The van der Waals surface area contributed by atoms with E-state index < -0.39 is 35.1 Å². The summed E-state index contributed by atoms with van der Waals surface area (Å²) in [5.41, 5.74) is 0.724. The van der Waals surface area contributed by atoms with Gasteiger partial charge in [0, 0.05) is 16.5 Å². The van der Waals surface area contributed by atoms with Gasteiger partial charge in [0.1, 0.15) is 22.7 Å². The Balaban J connectivity index is 1.63. The van der Waals surface area contributed by atoms with E-state index in [1.165, 1.54) is 11.3 Å². The zero-order chi connectivity index (χ0) is 24.0. The van der Waals surface area contributed by atoms with Crippen molar-refractivity contribution < 1.29 is 23.5 Å². The molecule has 1 aliphatic heterocycles. The fourth-order valence-corrected chi connectivity index (χ4v) is 5.76. The molecule has 9 heteroatoms. The monoisotopic (exact) mass is 494 g/mol. The molecule has 5 rings (SSSR count). The minimum absolute atomic E-state index is 0.192. The average molecular weight is 495 g/mol. The topological polar surface area (TPSA) is 70.5 Å². The quantitative estimate of drug-likeness (QED) is 0.334. The number of amides is 1. The number of nitrogens with zero attached hydrogens (tertiary/aromatic N) is 2. The fourth-order valence-electron chi connectivity index (χ4n) is 3.91. The van der Waals surface area contributed by atoms with Crippen molar-refractivity contribution in [2.75, 3.05) is 4.90 Å². The largest absolute Gasteiger partial charge is 0.503 e. The second-order valence-corrected chi connectivity index (χ2v) is 9.56. The SMILES string of the molecule is Cc1nc(-c2ccccc2)sc1C(=O)C1=C(O)C(=O)N(c2cc(F)ccc2F)C1c1cccs1. The van der Waals surface area contributed by atoms with Crippen LogP contribution in [0.2, 0.25) is 0 Å². The summed E-state index contributed by atoms with van der Waals surface area (Å²) >= 11 is 2.38. The van der Waals surface area contributed by atoms with Gasteiger partial charge in [-0.1, -0.05) is 36.4 Å². The first-order chi connectivity index (χ1) is 16.4. The summed E-state index contributed by atoms with van der Waals surface area (Å²) in [4.78, 5) is 33.0. The number of benzene rings is 2. The summed E-state index contributed by atoms with van der Waals surface area (Å²) < 4.78 is 28.7. The Morgan fingerprint density at radius 3 is 2.56 bits per heavy atom. The summed E-state index contributed by atoms with van der Waals surface area (Å²) in [6.07, 6.45) is 0. The first kappa shape index (κ1) is 22.1. The van der Waals surface area contributed by atoms with Gasteiger partial charge in [-0.25, -0.2) is 13.8 Å². The average Bonchev–Trinajstić information content (AvgIpc) is 3.55. The fraction of sp³-hybridized carbons (Fsp3) is 0.0800. The normalized spacial score (nSPS) is 15.9. The Kier molecular flexibility index (Phi) is 5.59. The molecule has 0 saturated heterocycles. The number of aromatic nitrogens is 1. The molecule has 2 aromatic heterocycles. The molecule has 0 fully saturated rings. The van der Waals surface area contributed by atoms with E-state index in [4.69, 9.17) is 0 Å². The number of anilines is 1. The molecular weight excluding hydrogens is 478 g/mol. The van der Waals surface area contributed by atoms with E-state index in [0.717, 1.165) is 40.0 Å². The lowest BCUT2D eigenvalue weighted by Gasteiger charge is -2.26. The van der Waals surface area contributed by atoms with Crippen LogP contribution < -0.4 is 4.90 Å². The Morgan fingerprint density at radius 1 is 1.09 bits per heavy atom. The second kappa shape index (κ2) is 8.58. The number of thiazole rings is 1. The highest BCUT2D eigenvalue weighted by Crippen LogP contribution is 2.45. The number of thiophene rings is 1. The van der Waals surface area contributed by atoms with Gasteiger partial charge in [-0.2, -0.15) is 0 Å². The van der Waals surface area contributed by atoms with Crippen molar-refractivity contribution in [3.05, 3.63) is 104 Å². The number of rotatable bonds is 5. The number of aryl methyl sites for hydroxylation is 1. The predicted molar refractivity (Wildman–Crippen MR) is 127 cm³/mol. The summed E-state index contributed by atoms with van der Waals surface area (Å²) in [6.45, 7) is 1.68. The van der Waals surface area contributed by atoms with Gasteiger partial charge in [0.2, 0.25) is 5.78 Å². The van der Waals surface area contributed by atoms with Crippen LogP contribution in [-0.4, -0.2) is 21.8 Å². The standard InChI is InChI=1S/C25H16F2N2O3S2/c1-13-23(34-24(28-13)14-6-3-2-4-7-14)21(30)19-20(18-8-5-11-33-18)29(25(32)22(19)31)17-12-15(26)9-10-16(17)27/h2-12,20,31H,1H3. The van der Waals surface area contributed by atoms with Crippen molar-refractivity contribution in [1.82, 2.24) is 4.98 Å². The van der Waals surface area contributed by atoms with E-state index >= 15 is 0 Å². The molecule has 0 radical (unpaired) electrons. The molecular formula is C25H16F2N2O3S2. The number of carbonyl (C=O) groups is 2. The second-order valence-electron chi connectivity index (χ2n) is 7.58. The van der Waals surface area contributed by atoms with Crippen molar-refractivity contribution in [2.45, 2.75) is 13.0 Å². The molecule has 1 aliphatic rings. The highest BCUT2D eigenvalue weighted by molar-refractivity contribution is 7.17. The van der Waals surface area contributed by atoms with Gasteiger partial charge in [-0.15, -0.1) is 22.7 Å². The number of hydrogen-bond acceptors (Lipinski definition) is 6. The maximum atomic E-state index is 14.7. The van der Waals surface area contributed by atoms with Crippen molar-refractivity contribution >= 4 is 40.1 Å². The molecule has 1 atom stereocenters. The third-order valence-electron chi connectivity index (χ3n) is 5.46. The van der Waals surface area contributed by atoms with Crippen LogP contribution in [0.5, 0.6) is 0 Å². The number of halogens is 2. The Labute approximate surface area is 201 Å². The van der Waals surface area contributed by atoms with Gasteiger partial charge in [0.25, 0.3) is 5.91 Å². The lowest BCUT2D eigenvalue weighted by Crippen LogP contribution is -2.31. The summed E-state index contributed by atoms with van der Waals surface area (Å²) in [5.74, 6) is -3.95. The molecule has 2 aromatic carbocycles. The zero-order valence-electron chi connectivity index (χ0n) is 17.7. The van der Waals surface area contributed by atoms with E-state index in [9.17, 15) is 23.5 Å². The van der Waals surface area contributed by atoms with E-state index in [1.54, 1.807) is 24.4 Å². The van der Waals surface area contributed by atoms with Crippen LogP contribution in [-0.2, 0) is 4.79 Å². The Hall–Kier alpha value is -3.69. The van der Waals surface area contributed by atoms with Crippen LogP contribution in [0.1, 0.15) is 26.3 Å². The van der Waals surface area contributed by atoms with E-state index in [2.05, 4.69) is 4.98 Å². The molecule has 1 amide bonds. The van der Waals surface area contributed by atoms with Gasteiger partial charge in [0.05, 0.1) is 21.8 Å². The summed E-state index contributed by atoms with van der Waals surface area (Å²) in [6, 6.07) is 14.3. The maximum Gasteiger partial charge on any atom is 0.294 e. The third-order valence-corrected chi connectivity index (χ3v) is 7.59. The van der Waals surface area contributed by atoms with Crippen LogP contribution >= 0.6 is 22.7 Å². The number of Topliss-reactive ketones (excluding diaryl/α,β-unsaturated/α-hetero) is 1. The smallest absolute Gasteiger partial charge is 0.294 e. The van der Waals surface area contributed by atoms with Crippen LogP contribution in [0.25, 0.3) is 10.6 Å². The van der Waals surface area contributed by atoms with Crippen LogP contribution in [0.15, 0.2) is 77.4 Å². The van der Waals surface area contributed by atoms with Gasteiger partial charge in [-0.05, 0) is 30.5 Å². The maximum absolute atomic E-state index is 14.7. The number of carbonyl (C=O) groups excluding carboxylic acids is 2. The first-order valence-corrected chi connectivity index (χ1v) is 11.9. The molecule has 170 valence electrons. The van der Waals surface area contributed by atoms with Crippen LogP contribution in [0.4, 0.5) is 14.5 Å². The molecule has 4 aromatic rings. The lowest BCUT2D eigenvalue weighted by molar-refractivity contribution is -0.117. The molecule has 1 unspecified atom stereocenters. The van der Waals surface area contributed by atoms with Crippen molar-refractivity contribution in [1.29, 1.82) is 0 Å². The third kappa shape index (κ3) is 3.63. The zero-order valence-corrected chi connectivity index (χ0v) is 19.3. The molecule has 5 nitrogen and oxygen atoms in total. The first-order valence-electron chi connectivity index (χ1n) is 10.2. The van der Waals surface area contributed by atoms with Gasteiger partial charge < -0.3 is 5.11 Å². The van der Waals surface area contributed by atoms with Crippen molar-refractivity contribution in [3.63, 3.8) is 0 Å². The molecule has 1 N–H and O–H groups in total. The van der Waals surface area contributed by atoms with Crippen molar-refractivity contribution in [2.24, 2.45) is 0 Å². The van der Waals surface area contributed by atoms with E-state index in [-0.39, 0.29) is 16.1 Å².